The topological polar surface area (TPSA) is 52.2 Å². The van der Waals surface area contributed by atoms with Crippen LogP contribution in [0, 0.1) is 25.7 Å². The van der Waals surface area contributed by atoms with E-state index in [0.717, 1.165) is 43.0 Å². The molecule has 1 aromatic heterocycles. The monoisotopic (exact) mass is 392 g/mol. The van der Waals surface area contributed by atoms with Gasteiger partial charge in [-0.05, 0) is 56.9 Å². The van der Waals surface area contributed by atoms with Crippen LogP contribution in [0.15, 0.2) is 30.3 Å². The molecule has 3 saturated heterocycles. The van der Waals surface area contributed by atoms with E-state index in [4.69, 9.17) is 0 Å². The minimum atomic E-state index is 0.175. The molecule has 2 aromatic rings. The minimum Gasteiger partial charge on any atom is -0.338 e. The fourth-order valence-corrected chi connectivity index (χ4v) is 6.21. The number of hydrogen-bond donors (Lipinski definition) is 1. The molecule has 154 valence electrons. The first-order valence-electron chi connectivity index (χ1n) is 11.2. The van der Waals surface area contributed by atoms with Crippen molar-refractivity contribution in [3.63, 3.8) is 0 Å². The second-order valence-corrected chi connectivity index (χ2v) is 9.42. The molecule has 1 N–H and O–H groups in total. The van der Waals surface area contributed by atoms with Gasteiger partial charge in [0.2, 0.25) is 0 Å². The third-order valence-corrected chi connectivity index (χ3v) is 7.46. The molecule has 5 rings (SSSR count). The summed E-state index contributed by atoms with van der Waals surface area (Å²) in [6, 6.07) is 12.2. The fraction of sp³-hybridized carbons (Fsp3) is 0.583. The zero-order valence-corrected chi connectivity index (χ0v) is 17.6. The molecule has 0 saturated carbocycles. The summed E-state index contributed by atoms with van der Waals surface area (Å²) in [6.45, 7) is 6.82. The van der Waals surface area contributed by atoms with Crippen molar-refractivity contribution in [2.24, 2.45) is 11.8 Å². The second-order valence-electron chi connectivity index (χ2n) is 9.42. The molecule has 3 aliphatic heterocycles. The number of nitrogens with one attached hydrogen (secondary N) is 1. The zero-order valence-electron chi connectivity index (χ0n) is 17.6. The maximum Gasteiger partial charge on any atom is 0.257 e. The van der Waals surface area contributed by atoms with E-state index < -0.39 is 0 Å². The molecule has 5 heteroatoms. The van der Waals surface area contributed by atoms with E-state index in [1.54, 1.807) is 0 Å². The Morgan fingerprint density at radius 2 is 1.97 bits per heavy atom. The molecule has 0 unspecified atom stereocenters. The van der Waals surface area contributed by atoms with Crippen LogP contribution in [0.3, 0.4) is 0 Å². The lowest BCUT2D eigenvalue weighted by atomic mass is 9.74. The lowest BCUT2D eigenvalue weighted by Gasteiger charge is -2.55. The van der Waals surface area contributed by atoms with Gasteiger partial charge in [-0.25, -0.2) is 0 Å². The minimum absolute atomic E-state index is 0.175. The molecule has 2 bridgehead atoms. The molecule has 5 nitrogen and oxygen atoms in total. The van der Waals surface area contributed by atoms with Crippen molar-refractivity contribution in [2.45, 2.75) is 58.0 Å². The number of carbonyl (C=O) groups excluding carboxylic acids is 1. The summed E-state index contributed by atoms with van der Waals surface area (Å²) in [6.07, 6.45) is 6.35. The molecule has 4 heterocycles. The number of aromatic amines is 1. The summed E-state index contributed by atoms with van der Waals surface area (Å²) in [7, 11) is 0. The predicted octanol–water partition coefficient (Wildman–Crippen LogP) is 3.58. The molecule has 0 spiro atoms. The third kappa shape index (κ3) is 3.50. The average molecular weight is 393 g/mol. The number of piperidine rings is 3. The Labute approximate surface area is 173 Å². The Balaban J connectivity index is 1.32. The second kappa shape index (κ2) is 7.60. The largest absolute Gasteiger partial charge is 0.338 e. The van der Waals surface area contributed by atoms with Gasteiger partial charge in [0, 0.05) is 37.4 Å². The van der Waals surface area contributed by atoms with Gasteiger partial charge in [-0.2, -0.15) is 5.10 Å². The van der Waals surface area contributed by atoms with Crippen molar-refractivity contribution in [1.82, 2.24) is 20.0 Å². The number of aryl methyl sites for hydroxylation is 2. The number of aromatic nitrogens is 2. The van der Waals surface area contributed by atoms with Gasteiger partial charge in [-0.3, -0.25) is 14.8 Å². The number of amides is 1. The van der Waals surface area contributed by atoms with Gasteiger partial charge < -0.3 is 4.90 Å². The van der Waals surface area contributed by atoms with Crippen LogP contribution in [-0.2, 0) is 6.42 Å². The maximum atomic E-state index is 13.3. The van der Waals surface area contributed by atoms with E-state index in [0.29, 0.717) is 23.9 Å². The first-order chi connectivity index (χ1) is 14.1. The molecule has 1 amide bonds. The van der Waals surface area contributed by atoms with Crippen LogP contribution < -0.4 is 0 Å². The molecular weight excluding hydrogens is 360 g/mol. The Hall–Kier alpha value is -2.14. The van der Waals surface area contributed by atoms with Gasteiger partial charge >= 0.3 is 0 Å². The van der Waals surface area contributed by atoms with Crippen LogP contribution >= 0.6 is 0 Å². The van der Waals surface area contributed by atoms with Crippen LogP contribution in [0.1, 0.15) is 53.0 Å². The van der Waals surface area contributed by atoms with E-state index in [1.165, 1.54) is 31.2 Å². The molecule has 0 radical (unpaired) electrons. The highest BCUT2D eigenvalue weighted by molar-refractivity contribution is 5.96. The first-order valence-corrected chi connectivity index (χ1v) is 11.2. The van der Waals surface area contributed by atoms with Crippen molar-refractivity contribution in [3.05, 3.63) is 52.8 Å². The molecule has 29 heavy (non-hydrogen) atoms. The summed E-state index contributed by atoms with van der Waals surface area (Å²) in [5.41, 5.74) is 3.96. The third-order valence-electron chi connectivity index (χ3n) is 7.46. The van der Waals surface area contributed by atoms with E-state index in [1.807, 2.05) is 13.8 Å². The van der Waals surface area contributed by atoms with Crippen LogP contribution in [0.2, 0.25) is 0 Å². The molecule has 3 fully saturated rings. The average Bonchev–Trinajstić information content (AvgIpc) is 3.07. The lowest BCUT2D eigenvalue weighted by Crippen LogP contribution is -2.62. The van der Waals surface area contributed by atoms with Crippen molar-refractivity contribution >= 4 is 5.91 Å². The number of carbonyl (C=O) groups is 1. The Morgan fingerprint density at radius 1 is 1.14 bits per heavy atom. The molecule has 1 aromatic carbocycles. The molecule has 3 aliphatic rings. The van der Waals surface area contributed by atoms with E-state index in [2.05, 4.69) is 50.3 Å². The smallest absolute Gasteiger partial charge is 0.257 e. The first kappa shape index (κ1) is 18.9. The van der Waals surface area contributed by atoms with E-state index >= 15 is 0 Å². The number of likely N-dealkylation sites (tertiary alicyclic amines) is 1. The zero-order chi connectivity index (χ0) is 20.0. The van der Waals surface area contributed by atoms with E-state index in [9.17, 15) is 4.79 Å². The Kier molecular flexibility index (Phi) is 4.94. The fourth-order valence-electron chi connectivity index (χ4n) is 6.21. The van der Waals surface area contributed by atoms with Crippen molar-refractivity contribution in [1.29, 1.82) is 0 Å². The Bertz CT molecular complexity index is 857. The lowest BCUT2D eigenvalue weighted by molar-refractivity contribution is -0.0499. The van der Waals surface area contributed by atoms with Gasteiger partial charge in [-0.1, -0.05) is 36.8 Å². The van der Waals surface area contributed by atoms with Crippen molar-refractivity contribution < 1.29 is 4.79 Å². The van der Waals surface area contributed by atoms with Crippen LogP contribution in [0.5, 0.6) is 0 Å². The van der Waals surface area contributed by atoms with Gasteiger partial charge in [0.25, 0.3) is 5.91 Å². The van der Waals surface area contributed by atoms with Crippen LogP contribution in [-0.4, -0.2) is 57.6 Å². The van der Waals surface area contributed by atoms with Crippen LogP contribution in [0.4, 0.5) is 0 Å². The summed E-state index contributed by atoms with van der Waals surface area (Å²) in [5, 5.41) is 7.21. The van der Waals surface area contributed by atoms with Gasteiger partial charge in [0.1, 0.15) is 0 Å². The highest BCUT2D eigenvalue weighted by Gasteiger charge is 2.45. The van der Waals surface area contributed by atoms with Crippen molar-refractivity contribution in [2.75, 3.05) is 19.6 Å². The number of benzene rings is 1. The van der Waals surface area contributed by atoms with Gasteiger partial charge in [-0.15, -0.1) is 0 Å². The van der Waals surface area contributed by atoms with Gasteiger partial charge in [0.15, 0.2) is 0 Å². The number of hydrogen-bond acceptors (Lipinski definition) is 3. The highest BCUT2D eigenvalue weighted by Crippen LogP contribution is 2.40. The molecule has 4 atom stereocenters. The number of rotatable bonds is 3. The number of nitrogens with zero attached hydrogens (tertiary/aromatic N) is 3. The molecule has 0 aliphatic carbocycles. The number of H-pyrrole nitrogens is 1. The Morgan fingerprint density at radius 3 is 2.72 bits per heavy atom. The number of fused-ring (bicyclic) bond motifs is 4. The SMILES string of the molecule is Cc1n[nH]c(C)c1C(=O)N1C[C@@H]2C[C@H](C1)[C@@H]1CCC[C@H](Cc3ccccc3)N1C2. The standard InChI is InChI=1S/C24H32N4O/c1-16-23(17(2)26-25-16)24(29)27-13-19-11-20(15-27)22-10-6-9-21(28(22)14-19)12-18-7-4-3-5-8-18/h3-5,7-8,19-22H,6,9-15H2,1-2H3,(H,25,26)/t19-,20+,21+,22-/m0/s1. The summed E-state index contributed by atoms with van der Waals surface area (Å²) < 4.78 is 0. The quantitative estimate of drug-likeness (QED) is 0.869. The predicted molar refractivity (Wildman–Crippen MR) is 114 cm³/mol. The van der Waals surface area contributed by atoms with Gasteiger partial charge in [0.05, 0.1) is 11.3 Å². The van der Waals surface area contributed by atoms with Crippen molar-refractivity contribution in [3.8, 4) is 0 Å². The summed E-state index contributed by atoms with van der Waals surface area (Å²) >= 11 is 0. The summed E-state index contributed by atoms with van der Waals surface area (Å²) in [4.78, 5) is 18.2. The molecular formula is C24H32N4O. The van der Waals surface area contributed by atoms with Crippen LogP contribution in [0.25, 0.3) is 0 Å². The normalized spacial score (nSPS) is 29.5. The van der Waals surface area contributed by atoms with E-state index in [-0.39, 0.29) is 5.91 Å². The summed E-state index contributed by atoms with van der Waals surface area (Å²) in [5.74, 6) is 1.38. The maximum absolute atomic E-state index is 13.3. The highest BCUT2D eigenvalue weighted by atomic mass is 16.2.